The zero-order chi connectivity index (χ0) is 22.0. The van der Waals surface area contributed by atoms with E-state index in [2.05, 4.69) is 19.2 Å². The van der Waals surface area contributed by atoms with Crippen LogP contribution in [-0.2, 0) is 14.3 Å². The highest BCUT2D eigenvalue weighted by atomic mass is 19.1. The fourth-order valence-corrected chi connectivity index (χ4v) is 4.07. The minimum Gasteiger partial charge on any atom is -0.378 e. The van der Waals surface area contributed by atoms with E-state index >= 15 is 0 Å². The third kappa shape index (κ3) is 4.71. The van der Waals surface area contributed by atoms with Crippen LogP contribution in [-0.4, -0.2) is 44.7 Å². The van der Waals surface area contributed by atoms with Crippen molar-refractivity contribution in [1.82, 2.24) is 0 Å². The predicted octanol–water partition coefficient (Wildman–Crippen LogP) is 3.78. The highest BCUT2D eigenvalue weighted by molar-refractivity contribution is 6.03. The van der Waals surface area contributed by atoms with Crippen molar-refractivity contribution >= 4 is 28.9 Å². The third-order valence-electron chi connectivity index (χ3n) is 5.91. The van der Waals surface area contributed by atoms with Gasteiger partial charge in [-0.25, -0.2) is 4.39 Å². The Hall–Kier alpha value is -2.93. The van der Waals surface area contributed by atoms with Crippen LogP contribution in [0.15, 0.2) is 42.5 Å². The molecule has 4 rings (SSSR count). The molecule has 0 spiro atoms. The van der Waals surface area contributed by atoms with E-state index in [1.54, 1.807) is 17.0 Å². The predicted molar refractivity (Wildman–Crippen MR) is 119 cm³/mol. The molecule has 164 valence electrons. The molecule has 1 N–H and O–H groups in total. The number of rotatable bonds is 5. The number of benzene rings is 2. The second-order valence-electron chi connectivity index (χ2n) is 8.41. The molecule has 0 radical (unpaired) electrons. The number of hydrogen-bond acceptors (Lipinski definition) is 4. The van der Waals surface area contributed by atoms with Crippen LogP contribution < -0.4 is 15.1 Å². The molecule has 1 unspecified atom stereocenters. The zero-order valence-electron chi connectivity index (χ0n) is 17.9. The van der Waals surface area contributed by atoms with Gasteiger partial charge in [0.15, 0.2) is 0 Å². The maximum atomic E-state index is 14.6. The summed E-state index contributed by atoms with van der Waals surface area (Å²) in [6.07, 6.45) is 0.145. The van der Waals surface area contributed by atoms with E-state index in [-0.39, 0.29) is 24.1 Å². The summed E-state index contributed by atoms with van der Waals surface area (Å²) < 4.78 is 19.9. The molecule has 0 saturated carbocycles. The van der Waals surface area contributed by atoms with Gasteiger partial charge < -0.3 is 19.9 Å². The Balaban J connectivity index is 1.42. The van der Waals surface area contributed by atoms with Crippen molar-refractivity contribution in [2.24, 2.45) is 5.92 Å². The Morgan fingerprint density at radius 3 is 2.65 bits per heavy atom. The first-order valence-electron chi connectivity index (χ1n) is 10.8. The number of ether oxygens (including phenoxy) is 1. The molecule has 2 fully saturated rings. The summed E-state index contributed by atoms with van der Waals surface area (Å²) in [7, 11) is 0. The molecular weight excluding hydrogens is 397 g/mol. The van der Waals surface area contributed by atoms with Gasteiger partial charge in [-0.3, -0.25) is 9.59 Å². The van der Waals surface area contributed by atoms with Gasteiger partial charge in [-0.15, -0.1) is 0 Å². The molecule has 2 aromatic carbocycles. The van der Waals surface area contributed by atoms with E-state index in [4.69, 9.17) is 4.74 Å². The molecule has 0 aliphatic carbocycles. The van der Waals surface area contributed by atoms with Gasteiger partial charge >= 0.3 is 0 Å². The van der Waals surface area contributed by atoms with Crippen molar-refractivity contribution < 1.29 is 18.7 Å². The van der Waals surface area contributed by atoms with Crippen molar-refractivity contribution in [3.8, 4) is 0 Å². The Morgan fingerprint density at radius 1 is 1.16 bits per heavy atom. The first-order valence-corrected chi connectivity index (χ1v) is 10.8. The molecule has 0 aromatic heterocycles. The number of carbonyl (C=O) groups is 2. The minimum absolute atomic E-state index is 0.0742. The van der Waals surface area contributed by atoms with Gasteiger partial charge in [-0.05, 0) is 41.8 Å². The molecule has 31 heavy (non-hydrogen) atoms. The molecular formula is C24H28FN3O3. The number of amides is 2. The first kappa shape index (κ1) is 21.3. The number of halogens is 1. The number of anilines is 3. The molecule has 2 amide bonds. The molecule has 6 nitrogen and oxygen atoms in total. The second-order valence-corrected chi connectivity index (χ2v) is 8.41. The van der Waals surface area contributed by atoms with Gasteiger partial charge in [-0.2, -0.15) is 0 Å². The van der Waals surface area contributed by atoms with Gasteiger partial charge in [-0.1, -0.05) is 26.0 Å². The van der Waals surface area contributed by atoms with Crippen LogP contribution in [0, 0.1) is 11.7 Å². The van der Waals surface area contributed by atoms with Crippen LogP contribution in [0.5, 0.6) is 0 Å². The SMILES string of the molecule is CC(C)c1cccc(N2CC(C(=O)Nc3ccc(N4CCOCC4)c(F)c3)CC2=O)c1. The standard InChI is InChI=1S/C24H28FN3O3/c1-16(2)17-4-3-5-20(12-17)28-15-18(13-23(28)29)24(30)26-19-6-7-22(21(25)14-19)27-8-10-31-11-9-27/h3-7,12,14,16,18H,8-11,13,15H2,1-2H3,(H,26,30). The van der Waals surface area contributed by atoms with E-state index in [0.717, 1.165) is 11.3 Å². The molecule has 1 atom stereocenters. The summed E-state index contributed by atoms with van der Waals surface area (Å²) in [4.78, 5) is 28.9. The van der Waals surface area contributed by atoms with Crippen molar-refractivity contribution in [3.05, 3.63) is 53.8 Å². The number of morpholine rings is 1. The molecule has 2 aliphatic rings. The monoisotopic (exact) mass is 425 g/mol. The Kier molecular flexibility index (Phi) is 6.23. The Morgan fingerprint density at radius 2 is 1.94 bits per heavy atom. The van der Waals surface area contributed by atoms with Crippen molar-refractivity contribution in [3.63, 3.8) is 0 Å². The summed E-state index contributed by atoms with van der Waals surface area (Å²) in [6.45, 7) is 6.95. The maximum Gasteiger partial charge on any atom is 0.229 e. The lowest BCUT2D eigenvalue weighted by atomic mass is 10.0. The highest BCUT2D eigenvalue weighted by Crippen LogP contribution is 2.29. The molecule has 7 heteroatoms. The van der Waals surface area contributed by atoms with E-state index in [1.807, 2.05) is 29.2 Å². The average Bonchev–Trinajstić information content (AvgIpc) is 3.16. The van der Waals surface area contributed by atoms with Gasteiger partial charge in [0.2, 0.25) is 11.8 Å². The number of nitrogens with zero attached hydrogens (tertiary/aromatic N) is 2. The minimum atomic E-state index is -0.475. The van der Waals surface area contributed by atoms with Crippen molar-refractivity contribution in [2.75, 3.05) is 48.0 Å². The first-order chi connectivity index (χ1) is 14.9. The summed E-state index contributed by atoms with van der Waals surface area (Å²) in [5.41, 5.74) is 2.86. The van der Waals surface area contributed by atoms with Gasteiger partial charge in [0.25, 0.3) is 0 Å². The number of nitrogens with one attached hydrogen (secondary N) is 1. The van der Waals surface area contributed by atoms with Crippen LogP contribution in [0.2, 0.25) is 0 Å². The molecule has 2 aromatic rings. The molecule has 0 bridgehead atoms. The molecule has 2 aliphatic heterocycles. The largest absolute Gasteiger partial charge is 0.378 e. The Labute approximate surface area is 182 Å². The summed E-state index contributed by atoms with van der Waals surface area (Å²) >= 11 is 0. The van der Waals surface area contributed by atoms with E-state index in [0.29, 0.717) is 50.1 Å². The summed E-state index contributed by atoms with van der Waals surface area (Å²) in [5.74, 6) is -0.845. The number of carbonyl (C=O) groups excluding carboxylic acids is 2. The zero-order valence-corrected chi connectivity index (χ0v) is 17.9. The van der Waals surface area contributed by atoms with Gasteiger partial charge in [0, 0.05) is 37.4 Å². The summed E-state index contributed by atoms with van der Waals surface area (Å²) in [5, 5.41) is 2.78. The van der Waals surface area contributed by atoms with Crippen molar-refractivity contribution in [2.45, 2.75) is 26.2 Å². The quantitative estimate of drug-likeness (QED) is 0.792. The van der Waals surface area contributed by atoms with E-state index in [1.165, 1.54) is 6.07 Å². The second kappa shape index (κ2) is 9.06. The average molecular weight is 426 g/mol. The molecule has 2 heterocycles. The number of hydrogen-bond donors (Lipinski definition) is 1. The summed E-state index contributed by atoms with van der Waals surface area (Å²) in [6, 6.07) is 12.6. The van der Waals surface area contributed by atoms with Crippen molar-refractivity contribution in [1.29, 1.82) is 0 Å². The van der Waals surface area contributed by atoms with Gasteiger partial charge in [0.05, 0.1) is 24.8 Å². The normalized spacial score (nSPS) is 19.2. The van der Waals surface area contributed by atoms with Crippen LogP contribution in [0.3, 0.4) is 0 Å². The lowest BCUT2D eigenvalue weighted by Gasteiger charge is -2.29. The Bertz CT molecular complexity index is 972. The lowest BCUT2D eigenvalue weighted by Crippen LogP contribution is -2.36. The third-order valence-corrected chi connectivity index (χ3v) is 5.91. The smallest absolute Gasteiger partial charge is 0.229 e. The van der Waals surface area contributed by atoms with Crippen LogP contribution in [0.25, 0.3) is 0 Å². The van der Waals surface area contributed by atoms with E-state index in [9.17, 15) is 14.0 Å². The van der Waals surface area contributed by atoms with Gasteiger partial charge in [0.1, 0.15) is 5.82 Å². The maximum absolute atomic E-state index is 14.6. The van der Waals surface area contributed by atoms with Crippen LogP contribution in [0.1, 0.15) is 31.7 Å². The fourth-order valence-electron chi connectivity index (χ4n) is 4.07. The fraction of sp³-hybridized carbons (Fsp3) is 0.417. The van der Waals surface area contributed by atoms with Crippen LogP contribution in [0.4, 0.5) is 21.5 Å². The topological polar surface area (TPSA) is 61.9 Å². The van der Waals surface area contributed by atoms with Crippen LogP contribution >= 0.6 is 0 Å². The lowest BCUT2D eigenvalue weighted by molar-refractivity contribution is -0.122. The van der Waals surface area contributed by atoms with E-state index < -0.39 is 5.92 Å². The highest BCUT2D eigenvalue weighted by Gasteiger charge is 2.35. The molecule has 2 saturated heterocycles.